The smallest absolute Gasteiger partial charge is 0.166 e. The van der Waals surface area contributed by atoms with Crippen LogP contribution >= 0.6 is 0 Å². The first-order chi connectivity index (χ1) is 8.56. The van der Waals surface area contributed by atoms with Crippen LogP contribution in [0.4, 0.5) is 0 Å². The third kappa shape index (κ3) is 5.83. The van der Waals surface area contributed by atoms with Crippen molar-refractivity contribution in [2.45, 2.75) is 65.6 Å². The summed E-state index contributed by atoms with van der Waals surface area (Å²) in [5, 5.41) is 0. The van der Waals surface area contributed by atoms with Crippen molar-refractivity contribution in [2.75, 3.05) is 13.2 Å². The summed E-state index contributed by atoms with van der Waals surface area (Å²) in [7, 11) is 0. The van der Waals surface area contributed by atoms with E-state index in [9.17, 15) is 0 Å². The van der Waals surface area contributed by atoms with Gasteiger partial charge in [0.15, 0.2) is 5.79 Å². The Morgan fingerprint density at radius 3 is 2.28 bits per heavy atom. The fraction of sp³-hybridized carbons (Fsp3) is 0.750. The SMILES string of the molecule is CCC(C)=CCCC(C)=CCCC1(C)OCCO1. The predicted molar refractivity (Wildman–Crippen MR) is 76.6 cm³/mol. The third-order valence-corrected chi connectivity index (χ3v) is 3.58. The molecule has 1 saturated heterocycles. The average molecular weight is 252 g/mol. The van der Waals surface area contributed by atoms with Crippen molar-refractivity contribution >= 4 is 0 Å². The molecule has 1 aliphatic rings. The molecule has 0 bridgehead atoms. The lowest BCUT2D eigenvalue weighted by Crippen LogP contribution is -2.24. The van der Waals surface area contributed by atoms with Gasteiger partial charge >= 0.3 is 0 Å². The van der Waals surface area contributed by atoms with E-state index in [0.717, 1.165) is 45.3 Å². The van der Waals surface area contributed by atoms with Gasteiger partial charge in [0.1, 0.15) is 0 Å². The van der Waals surface area contributed by atoms with Gasteiger partial charge in [0.25, 0.3) is 0 Å². The molecule has 0 atom stereocenters. The molecule has 0 radical (unpaired) electrons. The van der Waals surface area contributed by atoms with Crippen molar-refractivity contribution in [3.63, 3.8) is 0 Å². The minimum absolute atomic E-state index is 0.338. The largest absolute Gasteiger partial charge is 0.348 e. The molecule has 2 heteroatoms. The lowest BCUT2D eigenvalue weighted by Gasteiger charge is -2.21. The van der Waals surface area contributed by atoms with Gasteiger partial charge < -0.3 is 9.47 Å². The van der Waals surface area contributed by atoms with E-state index in [4.69, 9.17) is 9.47 Å². The maximum Gasteiger partial charge on any atom is 0.166 e. The van der Waals surface area contributed by atoms with Crippen molar-refractivity contribution in [3.05, 3.63) is 23.3 Å². The molecule has 0 unspecified atom stereocenters. The van der Waals surface area contributed by atoms with Gasteiger partial charge in [-0.15, -0.1) is 0 Å². The molecule has 0 aromatic carbocycles. The first-order valence-corrected chi connectivity index (χ1v) is 7.15. The molecule has 0 aromatic rings. The standard InChI is InChI=1S/C16H28O2/c1-5-14(2)8-6-9-15(3)10-7-11-16(4)17-12-13-18-16/h8,10H,5-7,9,11-13H2,1-4H3. The molecule has 0 aliphatic carbocycles. The molecule has 1 rings (SSSR count). The Morgan fingerprint density at radius 1 is 1.06 bits per heavy atom. The highest BCUT2D eigenvalue weighted by Crippen LogP contribution is 2.24. The highest BCUT2D eigenvalue weighted by Gasteiger charge is 2.29. The summed E-state index contributed by atoms with van der Waals surface area (Å²) in [5.41, 5.74) is 2.96. The Labute approximate surface area is 112 Å². The fourth-order valence-corrected chi connectivity index (χ4v) is 2.07. The molecular formula is C16H28O2. The van der Waals surface area contributed by atoms with Gasteiger partial charge in [0, 0.05) is 6.42 Å². The van der Waals surface area contributed by atoms with Crippen LogP contribution in [0.1, 0.15) is 59.8 Å². The summed E-state index contributed by atoms with van der Waals surface area (Å²) in [6, 6.07) is 0. The summed E-state index contributed by atoms with van der Waals surface area (Å²) < 4.78 is 11.2. The molecule has 0 N–H and O–H groups in total. The van der Waals surface area contributed by atoms with Gasteiger partial charge in [-0.1, -0.05) is 30.2 Å². The monoisotopic (exact) mass is 252 g/mol. The van der Waals surface area contributed by atoms with E-state index in [-0.39, 0.29) is 5.79 Å². The maximum absolute atomic E-state index is 5.59. The molecule has 1 aliphatic heterocycles. The zero-order valence-electron chi connectivity index (χ0n) is 12.4. The molecule has 0 aromatic heterocycles. The highest BCUT2D eigenvalue weighted by molar-refractivity contribution is 5.03. The third-order valence-electron chi connectivity index (χ3n) is 3.58. The summed E-state index contributed by atoms with van der Waals surface area (Å²) in [6.07, 6.45) is 10.2. The summed E-state index contributed by atoms with van der Waals surface area (Å²) in [6.45, 7) is 10.1. The van der Waals surface area contributed by atoms with E-state index >= 15 is 0 Å². The second kappa shape index (κ2) is 7.75. The second-order valence-electron chi connectivity index (χ2n) is 5.36. The number of hydrogen-bond acceptors (Lipinski definition) is 2. The van der Waals surface area contributed by atoms with Crippen LogP contribution in [-0.4, -0.2) is 19.0 Å². The van der Waals surface area contributed by atoms with Crippen LogP contribution < -0.4 is 0 Å². The molecule has 1 heterocycles. The minimum atomic E-state index is -0.338. The first-order valence-electron chi connectivity index (χ1n) is 7.15. The Hall–Kier alpha value is -0.600. The van der Waals surface area contributed by atoms with Gasteiger partial charge in [-0.05, 0) is 46.5 Å². The van der Waals surface area contributed by atoms with Crippen LogP contribution in [-0.2, 0) is 9.47 Å². The zero-order chi connectivity index (χ0) is 13.4. The lowest BCUT2D eigenvalue weighted by atomic mass is 10.1. The molecule has 18 heavy (non-hydrogen) atoms. The molecule has 2 nitrogen and oxygen atoms in total. The van der Waals surface area contributed by atoms with Crippen LogP contribution in [0.5, 0.6) is 0 Å². The molecule has 0 spiro atoms. The van der Waals surface area contributed by atoms with Crippen LogP contribution in [0.3, 0.4) is 0 Å². The van der Waals surface area contributed by atoms with Crippen molar-refractivity contribution in [2.24, 2.45) is 0 Å². The topological polar surface area (TPSA) is 18.5 Å². The molecule has 0 saturated carbocycles. The van der Waals surface area contributed by atoms with Crippen LogP contribution in [0, 0.1) is 0 Å². The van der Waals surface area contributed by atoms with E-state index in [1.165, 1.54) is 11.1 Å². The van der Waals surface area contributed by atoms with E-state index in [1.54, 1.807) is 0 Å². The van der Waals surface area contributed by atoms with Crippen LogP contribution in [0.15, 0.2) is 23.3 Å². The van der Waals surface area contributed by atoms with E-state index < -0.39 is 0 Å². The van der Waals surface area contributed by atoms with Gasteiger partial charge in [-0.25, -0.2) is 0 Å². The molecule has 0 amide bonds. The normalized spacial score (nSPS) is 20.4. The van der Waals surface area contributed by atoms with Crippen molar-refractivity contribution in [1.29, 1.82) is 0 Å². The Morgan fingerprint density at radius 2 is 1.67 bits per heavy atom. The number of hydrogen-bond donors (Lipinski definition) is 0. The van der Waals surface area contributed by atoms with Crippen molar-refractivity contribution in [3.8, 4) is 0 Å². The van der Waals surface area contributed by atoms with Crippen molar-refractivity contribution < 1.29 is 9.47 Å². The van der Waals surface area contributed by atoms with E-state index in [1.807, 2.05) is 6.92 Å². The number of allylic oxidation sites excluding steroid dienone is 4. The molecular weight excluding hydrogens is 224 g/mol. The van der Waals surface area contributed by atoms with E-state index in [2.05, 4.69) is 32.9 Å². The molecule has 1 fully saturated rings. The predicted octanol–water partition coefficient (Wildman–Crippen LogP) is 4.61. The van der Waals surface area contributed by atoms with Crippen molar-refractivity contribution in [1.82, 2.24) is 0 Å². The maximum atomic E-state index is 5.59. The number of ether oxygens (including phenoxy) is 2. The fourth-order valence-electron chi connectivity index (χ4n) is 2.07. The van der Waals surface area contributed by atoms with Crippen LogP contribution in [0.25, 0.3) is 0 Å². The first kappa shape index (κ1) is 15.5. The van der Waals surface area contributed by atoms with Gasteiger partial charge in [0.2, 0.25) is 0 Å². The van der Waals surface area contributed by atoms with E-state index in [0.29, 0.717) is 0 Å². The Bertz CT molecular complexity index is 296. The zero-order valence-corrected chi connectivity index (χ0v) is 12.4. The number of rotatable bonds is 7. The average Bonchev–Trinajstić information content (AvgIpc) is 2.76. The summed E-state index contributed by atoms with van der Waals surface area (Å²) in [5.74, 6) is -0.338. The van der Waals surface area contributed by atoms with Gasteiger partial charge in [0.05, 0.1) is 13.2 Å². The summed E-state index contributed by atoms with van der Waals surface area (Å²) >= 11 is 0. The lowest BCUT2D eigenvalue weighted by molar-refractivity contribution is -0.145. The Balaban J connectivity index is 2.21. The minimum Gasteiger partial charge on any atom is -0.348 e. The molecule has 104 valence electrons. The summed E-state index contributed by atoms with van der Waals surface area (Å²) in [4.78, 5) is 0. The quantitative estimate of drug-likeness (QED) is 0.616. The van der Waals surface area contributed by atoms with Gasteiger partial charge in [-0.3, -0.25) is 0 Å². The Kier molecular flexibility index (Phi) is 6.66. The van der Waals surface area contributed by atoms with Gasteiger partial charge in [-0.2, -0.15) is 0 Å². The second-order valence-corrected chi connectivity index (χ2v) is 5.36. The van der Waals surface area contributed by atoms with Crippen LogP contribution in [0.2, 0.25) is 0 Å². The highest BCUT2D eigenvalue weighted by atomic mass is 16.7.